The van der Waals surface area contributed by atoms with Gasteiger partial charge in [-0.25, -0.2) is 4.79 Å². The fourth-order valence-electron chi connectivity index (χ4n) is 3.37. The first-order valence-electron chi connectivity index (χ1n) is 11.3. The molecule has 0 fully saturated rings. The van der Waals surface area contributed by atoms with Gasteiger partial charge in [-0.05, 0) is 51.0 Å². The van der Waals surface area contributed by atoms with Crippen LogP contribution in [0.3, 0.4) is 0 Å². The number of hydrogen-bond acceptors (Lipinski definition) is 4. The minimum Gasteiger partial charge on any atom is -0.444 e. The molecule has 2 aromatic carbocycles. The van der Waals surface area contributed by atoms with E-state index in [2.05, 4.69) is 23.1 Å². The van der Waals surface area contributed by atoms with Gasteiger partial charge in [0, 0.05) is 18.7 Å². The van der Waals surface area contributed by atoms with Crippen LogP contribution in [-0.4, -0.2) is 41.0 Å². The third-order valence-corrected chi connectivity index (χ3v) is 4.98. The van der Waals surface area contributed by atoms with Crippen molar-refractivity contribution in [2.75, 3.05) is 6.54 Å². The van der Waals surface area contributed by atoms with Crippen molar-refractivity contribution in [3.05, 3.63) is 83.9 Å². The summed E-state index contributed by atoms with van der Waals surface area (Å²) >= 11 is 0. The Labute approximate surface area is 207 Å². The van der Waals surface area contributed by atoms with Crippen molar-refractivity contribution in [3.8, 4) is 12.3 Å². The topological polar surface area (TPSA) is 87.7 Å². The molecule has 0 bridgehead atoms. The smallest absolute Gasteiger partial charge is 0.408 e. The van der Waals surface area contributed by atoms with Crippen LogP contribution < -0.4 is 10.6 Å². The number of terminal acetylenes is 1. The fourth-order valence-corrected chi connectivity index (χ4v) is 3.37. The molecule has 184 valence electrons. The molecular weight excluding hydrogens is 442 g/mol. The van der Waals surface area contributed by atoms with Crippen LogP contribution >= 0.6 is 0 Å². The van der Waals surface area contributed by atoms with Crippen LogP contribution in [0.5, 0.6) is 0 Å². The summed E-state index contributed by atoms with van der Waals surface area (Å²) in [5.41, 5.74) is 1.43. The Balaban J connectivity index is 2.33. The highest BCUT2D eigenvalue weighted by molar-refractivity contribution is 5.92. The summed E-state index contributed by atoms with van der Waals surface area (Å²) in [5, 5.41) is 5.46. The largest absolute Gasteiger partial charge is 0.444 e. The molecule has 2 rings (SSSR count). The predicted octanol–water partition coefficient (Wildman–Crippen LogP) is 3.95. The molecular formula is C28H33N3O4. The standard InChI is InChI=1S/C28H33N3O4/c1-7-18-31(26(33)20(3)30-27(34)35-28(4,5)6)24(23-16-14-21(8-2)15-17-23)25(32)29-19-22-12-10-9-11-13-22/h2,7,9-17,20,24H,1,18-19H2,3-6H3,(H,29,32)(H,30,34). The van der Waals surface area contributed by atoms with Gasteiger partial charge >= 0.3 is 6.09 Å². The average molecular weight is 476 g/mol. The zero-order valence-electron chi connectivity index (χ0n) is 20.7. The second-order valence-corrected chi connectivity index (χ2v) is 9.02. The van der Waals surface area contributed by atoms with Crippen LogP contribution in [0.4, 0.5) is 4.79 Å². The van der Waals surface area contributed by atoms with E-state index in [0.717, 1.165) is 5.56 Å². The van der Waals surface area contributed by atoms with E-state index in [0.29, 0.717) is 17.7 Å². The van der Waals surface area contributed by atoms with Gasteiger partial charge in [0.05, 0.1) is 0 Å². The van der Waals surface area contributed by atoms with Gasteiger partial charge in [-0.3, -0.25) is 9.59 Å². The first-order valence-corrected chi connectivity index (χ1v) is 11.3. The maximum atomic E-state index is 13.4. The summed E-state index contributed by atoms with van der Waals surface area (Å²) < 4.78 is 5.26. The third kappa shape index (κ3) is 8.35. The highest BCUT2D eigenvalue weighted by atomic mass is 16.6. The number of nitrogens with zero attached hydrogens (tertiary/aromatic N) is 1. The molecule has 0 radical (unpaired) electrons. The molecule has 0 aromatic heterocycles. The van der Waals surface area contributed by atoms with Gasteiger partial charge in [-0.1, -0.05) is 54.5 Å². The molecule has 0 heterocycles. The summed E-state index contributed by atoms with van der Waals surface area (Å²) in [6.45, 7) is 10.9. The maximum absolute atomic E-state index is 13.4. The van der Waals surface area contributed by atoms with Gasteiger partial charge in [0.2, 0.25) is 11.8 Å². The Morgan fingerprint density at radius 3 is 2.29 bits per heavy atom. The zero-order valence-corrected chi connectivity index (χ0v) is 20.7. The lowest BCUT2D eigenvalue weighted by Crippen LogP contribution is -2.51. The normalized spacial score (nSPS) is 12.4. The predicted molar refractivity (Wildman–Crippen MR) is 136 cm³/mol. The van der Waals surface area contributed by atoms with Crippen LogP contribution in [0.15, 0.2) is 67.3 Å². The first kappa shape index (κ1) is 27.2. The number of hydrogen-bond donors (Lipinski definition) is 2. The molecule has 0 aliphatic rings. The van der Waals surface area contributed by atoms with Crippen LogP contribution in [0.25, 0.3) is 0 Å². The van der Waals surface area contributed by atoms with E-state index < -0.39 is 29.7 Å². The number of ether oxygens (including phenoxy) is 1. The number of carbonyl (C=O) groups is 3. The van der Waals surface area contributed by atoms with Gasteiger partial charge in [0.25, 0.3) is 0 Å². The van der Waals surface area contributed by atoms with Gasteiger partial charge in [-0.2, -0.15) is 0 Å². The highest BCUT2D eigenvalue weighted by Crippen LogP contribution is 2.23. The molecule has 0 saturated carbocycles. The summed E-state index contributed by atoms with van der Waals surface area (Å²) in [6.07, 6.45) is 6.29. The van der Waals surface area contributed by atoms with Crippen LogP contribution in [-0.2, 0) is 20.9 Å². The van der Waals surface area contributed by atoms with E-state index in [1.807, 2.05) is 30.3 Å². The fraction of sp³-hybridized carbons (Fsp3) is 0.321. The van der Waals surface area contributed by atoms with E-state index in [1.54, 1.807) is 52.0 Å². The maximum Gasteiger partial charge on any atom is 0.408 e. The molecule has 35 heavy (non-hydrogen) atoms. The number of nitrogens with one attached hydrogen (secondary N) is 2. The van der Waals surface area contributed by atoms with Crippen molar-refractivity contribution in [2.45, 2.75) is 51.9 Å². The lowest BCUT2D eigenvalue weighted by Gasteiger charge is -2.33. The monoisotopic (exact) mass is 475 g/mol. The van der Waals surface area contributed by atoms with Gasteiger partial charge in [0.15, 0.2) is 0 Å². The number of carbonyl (C=O) groups excluding carboxylic acids is 3. The van der Waals surface area contributed by atoms with E-state index in [1.165, 1.54) is 11.0 Å². The van der Waals surface area contributed by atoms with Crippen molar-refractivity contribution in [1.82, 2.24) is 15.5 Å². The molecule has 0 aliphatic carbocycles. The zero-order chi connectivity index (χ0) is 26.0. The summed E-state index contributed by atoms with van der Waals surface area (Å²) in [7, 11) is 0. The number of amides is 3. The molecule has 0 aliphatic heterocycles. The molecule has 7 heteroatoms. The molecule has 0 spiro atoms. The number of alkyl carbamates (subject to hydrolysis) is 1. The number of benzene rings is 2. The lowest BCUT2D eigenvalue weighted by atomic mass is 10.0. The minimum absolute atomic E-state index is 0.0828. The Bertz CT molecular complexity index is 1070. The second kappa shape index (κ2) is 12.4. The molecule has 2 aromatic rings. The van der Waals surface area contributed by atoms with E-state index in [4.69, 9.17) is 11.2 Å². The lowest BCUT2D eigenvalue weighted by molar-refractivity contribution is -0.141. The van der Waals surface area contributed by atoms with Crippen molar-refractivity contribution in [2.24, 2.45) is 0 Å². The molecule has 2 unspecified atom stereocenters. The summed E-state index contributed by atoms with van der Waals surface area (Å²) in [4.78, 5) is 40.5. The van der Waals surface area contributed by atoms with E-state index in [-0.39, 0.29) is 12.5 Å². The average Bonchev–Trinajstić information content (AvgIpc) is 2.81. The van der Waals surface area contributed by atoms with Crippen molar-refractivity contribution in [3.63, 3.8) is 0 Å². The highest BCUT2D eigenvalue weighted by Gasteiger charge is 2.34. The summed E-state index contributed by atoms with van der Waals surface area (Å²) in [5.74, 6) is 1.71. The quantitative estimate of drug-likeness (QED) is 0.425. The van der Waals surface area contributed by atoms with Gasteiger partial charge in [-0.15, -0.1) is 13.0 Å². The van der Waals surface area contributed by atoms with Crippen LogP contribution in [0.1, 0.15) is 50.4 Å². The van der Waals surface area contributed by atoms with E-state index in [9.17, 15) is 14.4 Å². The Morgan fingerprint density at radius 1 is 1.11 bits per heavy atom. The number of rotatable bonds is 9. The third-order valence-electron chi connectivity index (χ3n) is 4.98. The molecule has 0 saturated heterocycles. The van der Waals surface area contributed by atoms with Crippen molar-refractivity contribution >= 4 is 17.9 Å². The SMILES string of the molecule is C#Cc1ccc(C(C(=O)NCc2ccccc2)N(CC=C)C(=O)C(C)NC(=O)OC(C)(C)C)cc1. The molecule has 3 amide bonds. The second-order valence-electron chi connectivity index (χ2n) is 9.02. The van der Waals surface area contributed by atoms with Crippen LogP contribution in [0, 0.1) is 12.3 Å². The van der Waals surface area contributed by atoms with Crippen molar-refractivity contribution in [1.29, 1.82) is 0 Å². The Morgan fingerprint density at radius 2 is 1.74 bits per heavy atom. The first-order chi connectivity index (χ1) is 16.6. The molecule has 7 nitrogen and oxygen atoms in total. The van der Waals surface area contributed by atoms with Crippen LogP contribution in [0.2, 0.25) is 0 Å². The Kier molecular flexibility index (Phi) is 9.65. The molecule has 2 atom stereocenters. The van der Waals surface area contributed by atoms with Gasteiger partial charge < -0.3 is 20.3 Å². The van der Waals surface area contributed by atoms with E-state index >= 15 is 0 Å². The summed E-state index contributed by atoms with van der Waals surface area (Å²) in [6, 6.07) is 14.4. The molecule has 2 N–H and O–H groups in total. The van der Waals surface area contributed by atoms with Crippen molar-refractivity contribution < 1.29 is 19.1 Å². The minimum atomic E-state index is -0.973. The Hall–Kier alpha value is -4.05. The van der Waals surface area contributed by atoms with Gasteiger partial charge in [0.1, 0.15) is 17.7 Å².